The summed E-state index contributed by atoms with van der Waals surface area (Å²) in [5, 5.41) is 3.52. The third-order valence-electron chi connectivity index (χ3n) is 3.87. The maximum Gasteiger partial charge on any atom is 0.120 e. The Labute approximate surface area is 116 Å². The average molecular weight is 266 g/mol. The summed E-state index contributed by atoms with van der Waals surface area (Å²) in [5.41, 5.74) is 0. The van der Waals surface area contributed by atoms with Crippen molar-refractivity contribution in [3.63, 3.8) is 0 Å². The molecule has 0 aliphatic carbocycles. The number of nitrogens with zero attached hydrogens (tertiary/aromatic N) is 1. The molecule has 0 amide bonds. The maximum absolute atomic E-state index is 5.72. The average Bonchev–Trinajstić information content (AvgIpc) is 2.93. The fourth-order valence-corrected chi connectivity index (χ4v) is 2.63. The molecule has 1 aliphatic heterocycles. The van der Waals surface area contributed by atoms with E-state index in [4.69, 9.17) is 9.15 Å². The van der Waals surface area contributed by atoms with Gasteiger partial charge in [0.05, 0.1) is 25.0 Å². The van der Waals surface area contributed by atoms with E-state index in [0.29, 0.717) is 12.1 Å². The molecule has 0 spiro atoms. The van der Waals surface area contributed by atoms with E-state index in [1.54, 1.807) is 6.26 Å². The van der Waals surface area contributed by atoms with Crippen molar-refractivity contribution in [2.45, 2.75) is 45.4 Å². The van der Waals surface area contributed by atoms with Gasteiger partial charge < -0.3 is 14.5 Å². The number of rotatable bonds is 6. The molecule has 19 heavy (non-hydrogen) atoms. The molecule has 108 valence electrons. The monoisotopic (exact) mass is 266 g/mol. The van der Waals surface area contributed by atoms with Crippen molar-refractivity contribution in [1.29, 1.82) is 0 Å². The van der Waals surface area contributed by atoms with Gasteiger partial charge in [-0.1, -0.05) is 6.92 Å². The number of morpholine rings is 1. The Morgan fingerprint density at radius 2 is 2.37 bits per heavy atom. The quantitative estimate of drug-likeness (QED) is 0.858. The summed E-state index contributed by atoms with van der Waals surface area (Å²) in [6.07, 6.45) is 3.23. The molecule has 0 aromatic carbocycles. The van der Waals surface area contributed by atoms with Gasteiger partial charge in [-0.3, -0.25) is 4.90 Å². The van der Waals surface area contributed by atoms with Gasteiger partial charge in [0.25, 0.3) is 0 Å². The van der Waals surface area contributed by atoms with E-state index < -0.39 is 0 Å². The van der Waals surface area contributed by atoms with Crippen LogP contribution in [-0.4, -0.2) is 43.3 Å². The highest BCUT2D eigenvalue weighted by Gasteiger charge is 2.24. The lowest BCUT2D eigenvalue weighted by molar-refractivity contribution is -0.0552. The topological polar surface area (TPSA) is 37.6 Å². The smallest absolute Gasteiger partial charge is 0.120 e. The summed E-state index contributed by atoms with van der Waals surface area (Å²) < 4.78 is 11.1. The van der Waals surface area contributed by atoms with Crippen LogP contribution in [0.3, 0.4) is 0 Å². The molecule has 0 saturated carbocycles. The maximum atomic E-state index is 5.72. The summed E-state index contributed by atoms with van der Waals surface area (Å²) in [5.74, 6) is 1.00. The Morgan fingerprint density at radius 1 is 1.53 bits per heavy atom. The fourth-order valence-electron chi connectivity index (χ4n) is 2.63. The summed E-state index contributed by atoms with van der Waals surface area (Å²) in [6.45, 7) is 10.5. The molecule has 2 heterocycles. The van der Waals surface area contributed by atoms with Crippen LogP contribution in [0.15, 0.2) is 22.8 Å². The zero-order valence-corrected chi connectivity index (χ0v) is 12.3. The van der Waals surface area contributed by atoms with Crippen molar-refractivity contribution in [2.75, 3.05) is 26.2 Å². The van der Waals surface area contributed by atoms with E-state index >= 15 is 0 Å². The van der Waals surface area contributed by atoms with Crippen LogP contribution in [0.25, 0.3) is 0 Å². The van der Waals surface area contributed by atoms with E-state index in [-0.39, 0.29) is 6.04 Å². The largest absolute Gasteiger partial charge is 0.468 e. The van der Waals surface area contributed by atoms with Gasteiger partial charge in [-0.25, -0.2) is 0 Å². The van der Waals surface area contributed by atoms with Gasteiger partial charge >= 0.3 is 0 Å². The lowest BCUT2D eigenvalue weighted by atomic mass is 10.1. The molecule has 0 radical (unpaired) electrons. The Morgan fingerprint density at radius 3 is 3.05 bits per heavy atom. The number of furan rings is 1. The van der Waals surface area contributed by atoms with Crippen LogP contribution in [-0.2, 0) is 4.74 Å². The summed E-state index contributed by atoms with van der Waals surface area (Å²) in [4.78, 5) is 2.54. The molecule has 3 unspecified atom stereocenters. The summed E-state index contributed by atoms with van der Waals surface area (Å²) in [7, 11) is 0. The molecule has 0 bridgehead atoms. The fraction of sp³-hybridized carbons (Fsp3) is 0.733. The lowest BCUT2D eigenvalue weighted by Crippen LogP contribution is -2.50. The van der Waals surface area contributed by atoms with Crippen LogP contribution in [0.5, 0.6) is 0 Å². The van der Waals surface area contributed by atoms with E-state index in [2.05, 4.69) is 31.0 Å². The molecule has 3 atom stereocenters. The molecular formula is C15H26N2O2. The van der Waals surface area contributed by atoms with Gasteiger partial charge in [-0.05, 0) is 32.4 Å². The van der Waals surface area contributed by atoms with Crippen LogP contribution >= 0.6 is 0 Å². The number of hydrogen-bond donors (Lipinski definition) is 1. The number of nitrogens with one attached hydrogen (secondary N) is 1. The highest BCUT2D eigenvalue weighted by molar-refractivity contribution is 5.02. The Kier molecular flexibility index (Phi) is 5.43. The SMILES string of the molecule is CCC1COC(C)CN1CCNC(C)c1ccco1. The molecule has 4 heteroatoms. The first kappa shape index (κ1) is 14.6. The summed E-state index contributed by atoms with van der Waals surface area (Å²) in [6, 6.07) is 4.79. The van der Waals surface area contributed by atoms with E-state index in [9.17, 15) is 0 Å². The zero-order valence-electron chi connectivity index (χ0n) is 12.3. The van der Waals surface area contributed by atoms with Crippen molar-refractivity contribution < 1.29 is 9.15 Å². The zero-order chi connectivity index (χ0) is 13.7. The highest BCUT2D eigenvalue weighted by atomic mass is 16.5. The molecule has 1 aromatic rings. The van der Waals surface area contributed by atoms with Crippen LogP contribution in [0, 0.1) is 0 Å². The standard InChI is InChI=1S/C15H26N2O2/c1-4-14-11-19-12(2)10-17(14)8-7-16-13(3)15-6-5-9-18-15/h5-6,9,12-14,16H,4,7-8,10-11H2,1-3H3. The van der Waals surface area contributed by atoms with E-state index in [0.717, 1.165) is 38.4 Å². The van der Waals surface area contributed by atoms with Crippen LogP contribution in [0.4, 0.5) is 0 Å². The van der Waals surface area contributed by atoms with Crippen molar-refractivity contribution in [2.24, 2.45) is 0 Å². The Bertz CT molecular complexity index is 353. The van der Waals surface area contributed by atoms with Gasteiger partial charge in [-0.15, -0.1) is 0 Å². The minimum absolute atomic E-state index is 0.272. The first-order valence-corrected chi connectivity index (χ1v) is 7.33. The minimum atomic E-state index is 0.272. The van der Waals surface area contributed by atoms with Crippen LogP contribution < -0.4 is 5.32 Å². The van der Waals surface area contributed by atoms with Crippen LogP contribution in [0.1, 0.15) is 39.0 Å². The normalized spacial score (nSPS) is 26.5. The third kappa shape index (κ3) is 4.06. The predicted octanol–water partition coefficient (Wildman–Crippen LogP) is 2.43. The second-order valence-corrected chi connectivity index (χ2v) is 5.39. The molecular weight excluding hydrogens is 240 g/mol. The van der Waals surface area contributed by atoms with Crippen molar-refractivity contribution in [3.05, 3.63) is 24.2 Å². The van der Waals surface area contributed by atoms with Gasteiger partial charge in [0.1, 0.15) is 5.76 Å². The van der Waals surface area contributed by atoms with Gasteiger partial charge in [0.15, 0.2) is 0 Å². The van der Waals surface area contributed by atoms with Crippen LogP contribution in [0.2, 0.25) is 0 Å². The Hall–Kier alpha value is -0.840. The second kappa shape index (κ2) is 7.08. The summed E-state index contributed by atoms with van der Waals surface area (Å²) >= 11 is 0. The highest BCUT2D eigenvalue weighted by Crippen LogP contribution is 2.15. The van der Waals surface area contributed by atoms with E-state index in [1.807, 2.05) is 12.1 Å². The number of hydrogen-bond acceptors (Lipinski definition) is 4. The van der Waals surface area contributed by atoms with Gasteiger partial charge in [-0.2, -0.15) is 0 Å². The lowest BCUT2D eigenvalue weighted by Gasteiger charge is -2.38. The molecule has 4 nitrogen and oxygen atoms in total. The third-order valence-corrected chi connectivity index (χ3v) is 3.87. The molecule has 2 rings (SSSR count). The molecule has 1 fully saturated rings. The van der Waals surface area contributed by atoms with Gasteiger partial charge in [0.2, 0.25) is 0 Å². The van der Waals surface area contributed by atoms with Crippen molar-refractivity contribution >= 4 is 0 Å². The molecule has 1 aliphatic rings. The van der Waals surface area contributed by atoms with Crippen molar-refractivity contribution in [3.8, 4) is 0 Å². The Balaban J connectivity index is 1.74. The predicted molar refractivity (Wildman–Crippen MR) is 76.2 cm³/mol. The molecule has 1 N–H and O–H groups in total. The van der Waals surface area contributed by atoms with E-state index in [1.165, 1.54) is 0 Å². The first-order chi connectivity index (χ1) is 9.20. The van der Waals surface area contributed by atoms with Gasteiger partial charge in [0, 0.05) is 25.7 Å². The number of ether oxygens (including phenoxy) is 1. The first-order valence-electron chi connectivity index (χ1n) is 7.33. The molecule has 1 aromatic heterocycles. The molecule has 1 saturated heterocycles. The minimum Gasteiger partial charge on any atom is -0.468 e. The second-order valence-electron chi connectivity index (χ2n) is 5.39. The van der Waals surface area contributed by atoms with Crippen molar-refractivity contribution in [1.82, 2.24) is 10.2 Å².